The summed E-state index contributed by atoms with van der Waals surface area (Å²) in [6.45, 7) is 5.84. The van der Waals surface area contributed by atoms with E-state index in [1.807, 2.05) is 17.8 Å². The van der Waals surface area contributed by atoms with Crippen LogP contribution in [-0.4, -0.2) is 11.8 Å². The van der Waals surface area contributed by atoms with Crippen LogP contribution >= 0.6 is 11.8 Å². The third-order valence-electron chi connectivity index (χ3n) is 2.29. The molecule has 15 heavy (non-hydrogen) atoms. The van der Waals surface area contributed by atoms with Crippen molar-refractivity contribution in [1.82, 2.24) is 0 Å². The number of allylic oxidation sites excluding steroid dienone is 1. The largest absolute Gasteiger partial charge is 0.327 e. The van der Waals surface area contributed by atoms with E-state index >= 15 is 0 Å². The van der Waals surface area contributed by atoms with Crippen LogP contribution in [0.3, 0.4) is 0 Å². The molecule has 1 rings (SSSR count). The predicted octanol–water partition coefficient (Wildman–Crippen LogP) is 3.38. The fourth-order valence-electron chi connectivity index (χ4n) is 1.33. The zero-order chi connectivity index (χ0) is 11.1. The third kappa shape index (κ3) is 4.54. The fourth-order valence-corrected chi connectivity index (χ4v) is 2.36. The minimum absolute atomic E-state index is 0.271. The van der Waals surface area contributed by atoms with Crippen LogP contribution in [0.2, 0.25) is 0 Å². The molecule has 0 aliphatic rings. The van der Waals surface area contributed by atoms with Gasteiger partial charge in [0, 0.05) is 16.7 Å². The van der Waals surface area contributed by atoms with Gasteiger partial charge in [0.15, 0.2) is 0 Å². The molecule has 0 saturated carbocycles. The average molecular weight is 221 g/mol. The molecule has 0 bridgehead atoms. The van der Waals surface area contributed by atoms with Crippen molar-refractivity contribution in [2.45, 2.75) is 30.7 Å². The van der Waals surface area contributed by atoms with Crippen LogP contribution in [0.5, 0.6) is 0 Å². The highest BCUT2D eigenvalue weighted by molar-refractivity contribution is 7.99. The molecule has 82 valence electrons. The molecule has 0 radical (unpaired) electrons. The molecule has 0 spiro atoms. The molecular formula is C13H19NS. The Kier molecular flexibility index (Phi) is 5.51. The lowest BCUT2D eigenvalue weighted by atomic mass is 10.2. The first-order valence-corrected chi connectivity index (χ1v) is 6.27. The Bertz CT molecular complexity index is 309. The van der Waals surface area contributed by atoms with Gasteiger partial charge in [0.05, 0.1) is 0 Å². The molecule has 0 saturated heterocycles. The number of rotatable bonds is 6. The first kappa shape index (κ1) is 12.3. The van der Waals surface area contributed by atoms with Gasteiger partial charge in [-0.05, 0) is 31.4 Å². The van der Waals surface area contributed by atoms with Crippen LogP contribution in [0.4, 0.5) is 0 Å². The first-order valence-electron chi connectivity index (χ1n) is 5.29. The molecule has 0 aromatic heterocycles. The maximum Gasteiger partial charge on any atom is 0.0136 e. The Morgan fingerprint density at radius 2 is 2.20 bits per heavy atom. The van der Waals surface area contributed by atoms with Gasteiger partial charge in [0.1, 0.15) is 0 Å². The molecule has 1 atom stereocenters. The lowest BCUT2D eigenvalue weighted by Gasteiger charge is -2.10. The van der Waals surface area contributed by atoms with E-state index in [4.69, 9.17) is 5.73 Å². The number of hydrogen-bond donors (Lipinski definition) is 1. The van der Waals surface area contributed by atoms with E-state index in [-0.39, 0.29) is 6.04 Å². The van der Waals surface area contributed by atoms with Crippen molar-refractivity contribution in [2.24, 2.45) is 5.73 Å². The van der Waals surface area contributed by atoms with Crippen LogP contribution in [0, 0.1) is 6.92 Å². The highest BCUT2D eigenvalue weighted by Crippen LogP contribution is 2.22. The van der Waals surface area contributed by atoms with Crippen LogP contribution in [0.25, 0.3) is 0 Å². The van der Waals surface area contributed by atoms with Crippen molar-refractivity contribution in [3.05, 3.63) is 42.5 Å². The molecule has 1 aromatic rings. The summed E-state index contributed by atoms with van der Waals surface area (Å²) in [4.78, 5) is 1.34. The Hall–Kier alpha value is -0.730. The van der Waals surface area contributed by atoms with Gasteiger partial charge >= 0.3 is 0 Å². The second-order valence-corrected chi connectivity index (χ2v) is 4.76. The molecule has 1 unspecified atom stereocenters. The predicted molar refractivity (Wildman–Crippen MR) is 69.3 cm³/mol. The van der Waals surface area contributed by atoms with Gasteiger partial charge in [-0.2, -0.15) is 0 Å². The van der Waals surface area contributed by atoms with E-state index in [2.05, 4.69) is 37.8 Å². The molecule has 0 aliphatic heterocycles. The van der Waals surface area contributed by atoms with Gasteiger partial charge in [-0.15, -0.1) is 18.3 Å². The van der Waals surface area contributed by atoms with Gasteiger partial charge in [-0.3, -0.25) is 0 Å². The van der Waals surface area contributed by atoms with Gasteiger partial charge in [-0.25, -0.2) is 0 Å². The second kappa shape index (κ2) is 6.70. The molecule has 1 aromatic carbocycles. The smallest absolute Gasteiger partial charge is 0.0136 e. The van der Waals surface area contributed by atoms with Crippen LogP contribution in [0.1, 0.15) is 18.4 Å². The van der Waals surface area contributed by atoms with E-state index < -0.39 is 0 Å². The minimum Gasteiger partial charge on any atom is -0.327 e. The molecule has 0 heterocycles. The standard InChI is InChI=1S/C13H19NS/c1-3-4-8-12(14)10-15-13-9-6-5-7-11(13)2/h3,5-7,9,12H,1,4,8,10,14H2,2H3. The Morgan fingerprint density at radius 1 is 1.47 bits per heavy atom. The summed E-state index contributed by atoms with van der Waals surface area (Å²) in [7, 11) is 0. The normalized spacial score (nSPS) is 12.4. The number of benzene rings is 1. The van der Waals surface area contributed by atoms with Crippen molar-refractivity contribution >= 4 is 11.8 Å². The lowest BCUT2D eigenvalue weighted by molar-refractivity contribution is 0.685. The topological polar surface area (TPSA) is 26.0 Å². The van der Waals surface area contributed by atoms with Gasteiger partial charge < -0.3 is 5.73 Å². The monoisotopic (exact) mass is 221 g/mol. The summed E-state index contributed by atoms with van der Waals surface area (Å²) in [5.74, 6) is 0.985. The molecule has 0 amide bonds. The lowest BCUT2D eigenvalue weighted by Crippen LogP contribution is -2.22. The van der Waals surface area contributed by atoms with E-state index in [1.165, 1.54) is 10.5 Å². The highest BCUT2D eigenvalue weighted by atomic mass is 32.2. The number of thioether (sulfide) groups is 1. The van der Waals surface area contributed by atoms with Gasteiger partial charge in [0.2, 0.25) is 0 Å². The van der Waals surface area contributed by atoms with E-state index in [1.54, 1.807) is 0 Å². The summed E-state index contributed by atoms with van der Waals surface area (Å²) < 4.78 is 0. The van der Waals surface area contributed by atoms with Crippen LogP contribution < -0.4 is 5.73 Å². The summed E-state index contributed by atoms with van der Waals surface area (Å²) in [5.41, 5.74) is 7.32. The van der Waals surface area contributed by atoms with Crippen molar-refractivity contribution in [3.63, 3.8) is 0 Å². The SMILES string of the molecule is C=CCCC(N)CSc1ccccc1C. The molecule has 2 heteroatoms. The molecule has 2 N–H and O–H groups in total. The quantitative estimate of drug-likeness (QED) is 0.588. The van der Waals surface area contributed by atoms with Crippen LogP contribution in [0.15, 0.2) is 41.8 Å². The van der Waals surface area contributed by atoms with Crippen LogP contribution in [-0.2, 0) is 0 Å². The minimum atomic E-state index is 0.271. The van der Waals surface area contributed by atoms with Crippen molar-refractivity contribution < 1.29 is 0 Å². The maximum atomic E-state index is 5.99. The highest BCUT2D eigenvalue weighted by Gasteiger charge is 2.03. The number of nitrogens with two attached hydrogens (primary N) is 1. The van der Waals surface area contributed by atoms with Crippen molar-refractivity contribution in [3.8, 4) is 0 Å². The van der Waals surface area contributed by atoms with E-state index in [0.717, 1.165) is 18.6 Å². The number of aryl methyl sites for hydroxylation is 1. The van der Waals surface area contributed by atoms with Gasteiger partial charge in [-0.1, -0.05) is 24.3 Å². The summed E-state index contributed by atoms with van der Waals surface area (Å²) >= 11 is 1.85. The molecule has 0 aliphatic carbocycles. The first-order chi connectivity index (χ1) is 7.24. The molecule has 1 nitrogen and oxygen atoms in total. The summed E-state index contributed by atoms with van der Waals surface area (Å²) in [6.07, 6.45) is 3.97. The second-order valence-electron chi connectivity index (χ2n) is 3.70. The van der Waals surface area contributed by atoms with Crippen molar-refractivity contribution in [2.75, 3.05) is 5.75 Å². The summed E-state index contributed by atoms with van der Waals surface area (Å²) in [5, 5.41) is 0. The van der Waals surface area contributed by atoms with E-state index in [0.29, 0.717) is 0 Å². The zero-order valence-corrected chi connectivity index (χ0v) is 10.1. The third-order valence-corrected chi connectivity index (χ3v) is 3.65. The van der Waals surface area contributed by atoms with E-state index in [9.17, 15) is 0 Å². The van der Waals surface area contributed by atoms with Crippen molar-refractivity contribution in [1.29, 1.82) is 0 Å². The average Bonchev–Trinajstić information content (AvgIpc) is 2.25. The molecule has 0 fully saturated rings. The Balaban J connectivity index is 2.36. The Morgan fingerprint density at radius 3 is 2.87 bits per heavy atom. The Labute approximate surface area is 96.8 Å². The molecular weight excluding hydrogens is 202 g/mol. The summed E-state index contributed by atoms with van der Waals surface area (Å²) in [6, 6.07) is 8.70. The fraction of sp³-hybridized carbons (Fsp3) is 0.385. The maximum absolute atomic E-state index is 5.99. The zero-order valence-electron chi connectivity index (χ0n) is 9.28. The van der Waals surface area contributed by atoms with Gasteiger partial charge in [0.25, 0.3) is 0 Å². The number of hydrogen-bond acceptors (Lipinski definition) is 2.